The molecule has 1 atom stereocenters. The Morgan fingerprint density at radius 1 is 1.17 bits per heavy atom. The number of amides is 1. The molecule has 1 saturated heterocycles. The molecular weight excluding hydrogens is 520 g/mol. The van der Waals surface area contributed by atoms with Crippen molar-refractivity contribution in [1.29, 1.82) is 0 Å². The summed E-state index contributed by atoms with van der Waals surface area (Å²) < 4.78 is 9.19. The summed E-state index contributed by atoms with van der Waals surface area (Å²) in [5.41, 5.74) is 4.00. The first kappa shape index (κ1) is 24.6. The summed E-state index contributed by atoms with van der Waals surface area (Å²) in [4.78, 5) is 27.8. The Bertz CT molecular complexity index is 1470. The van der Waals surface area contributed by atoms with Gasteiger partial charge in [0, 0.05) is 47.7 Å². The zero-order chi connectivity index (χ0) is 25.4. The number of rotatable bonds is 5. The minimum atomic E-state index is -0.262. The SMILES string of the molecule is Cc1cc(C(C)Br)c2c(c1)c(=O)n(C)c1c2cnn1CC1CCN(C(=O)OCc2ccccc2)CC1. The molecule has 0 saturated carbocycles. The number of carbonyl (C=O) groups is 1. The van der Waals surface area contributed by atoms with Crippen LogP contribution < -0.4 is 5.56 Å². The molecule has 2 aromatic carbocycles. The molecule has 0 radical (unpaired) electrons. The minimum absolute atomic E-state index is 0.00618. The van der Waals surface area contributed by atoms with Crippen LogP contribution >= 0.6 is 15.9 Å². The van der Waals surface area contributed by atoms with Crippen molar-refractivity contribution in [3.8, 4) is 0 Å². The van der Waals surface area contributed by atoms with Crippen LogP contribution in [0.15, 0.2) is 53.5 Å². The van der Waals surface area contributed by atoms with Crippen molar-refractivity contribution < 1.29 is 9.53 Å². The number of halogens is 1. The van der Waals surface area contributed by atoms with Crippen LogP contribution in [0.3, 0.4) is 0 Å². The largest absolute Gasteiger partial charge is 0.445 e. The number of alkyl halides is 1. The topological polar surface area (TPSA) is 69.4 Å². The second-order valence-corrected chi connectivity index (χ2v) is 11.2. The Morgan fingerprint density at radius 3 is 2.58 bits per heavy atom. The van der Waals surface area contributed by atoms with E-state index < -0.39 is 0 Å². The van der Waals surface area contributed by atoms with E-state index in [4.69, 9.17) is 9.84 Å². The second kappa shape index (κ2) is 10.1. The molecule has 0 aliphatic carbocycles. The predicted molar refractivity (Wildman–Crippen MR) is 145 cm³/mol. The van der Waals surface area contributed by atoms with E-state index in [1.165, 1.54) is 0 Å². The van der Waals surface area contributed by atoms with Gasteiger partial charge in [-0.2, -0.15) is 5.10 Å². The van der Waals surface area contributed by atoms with E-state index in [0.717, 1.165) is 51.3 Å². The highest BCUT2D eigenvalue weighted by Crippen LogP contribution is 2.34. The molecule has 1 aliphatic rings. The first-order valence-corrected chi connectivity index (χ1v) is 13.3. The lowest BCUT2D eigenvalue weighted by Crippen LogP contribution is -2.39. The van der Waals surface area contributed by atoms with E-state index in [2.05, 4.69) is 28.9 Å². The number of hydrogen-bond donors (Lipinski definition) is 0. The Kier molecular flexibility index (Phi) is 6.88. The van der Waals surface area contributed by atoms with Gasteiger partial charge < -0.3 is 9.64 Å². The summed E-state index contributed by atoms with van der Waals surface area (Å²) in [6, 6.07) is 13.8. The lowest BCUT2D eigenvalue weighted by atomic mass is 9.97. The molecule has 2 aromatic heterocycles. The molecule has 1 fully saturated rings. The quantitative estimate of drug-likeness (QED) is 0.299. The van der Waals surface area contributed by atoms with Gasteiger partial charge in [0.05, 0.1) is 6.20 Å². The molecule has 8 heteroatoms. The molecule has 1 aliphatic heterocycles. The molecule has 188 valence electrons. The zero-order valence-electron chi connectivity index (χ0n) is 20.9. The molecule has 3 heterocycles. The average molecular weight is 551 g/mol. The first-order chi connectivity index (χ1) is 17.3. The van der Waals surface area contributed by atoms with E-state index in [1.807, 2.05) is 61.2 Å². The van der Waals surface area contributed by atoms with Crippen molar-refractivity contribution in [3.05, 3.63) is 75.7 Å². The molecule has 0 N–H and O–H groups in total. The predicted octanol–water partition coefficient (Wildman–Crippen LogP) is 5.70. The summed E-state index contributed by atoms with van der Waals surface area (Å²) in [6.45, 7) is 6.42. The normalized spacial score (nSPS) is 15.5. The number of pyridine rings is 1. The van der Waals surface area contributed by atoms with Crippen molar-refractivity contribution in [2.45, 2.75) is 44.7 Å². The fourth-order valence-electron chi connectivity index (χ4n) is 5.27. The van der Waals surface area contributed by atoms with Gasteiger partial charge in [0.15, 0.2) is 0 Å². The third-order valence-electron chi connectivity index (χ3n) is 7.18. The molecule has 7 nitrogen and oxygen atoms in total. The lowest BCUT2D eigenvalue weighted by Gasteiger charge is -2.31. The molecular formula is C28H31BrN4O3. The maximum absolute atomic E-state index is 13.3. The monoisotopic (exact) mass is 550 g/mol. The van der Waals surface area contributed by atoms with E-state index in [1.54, 1.807) is 9.47 Å². The van der Waals surface area contributed by atoms with Crippen LogP contribution in [-0.2, 0) is 24.9 Å². The average Bonchev–Trinajstić information content (AvgIpc) is 3.29. The molecule has 1 amide bonds. The standard InChI is InChI=1S/C28H31BrN4O3/c1-18-13-22(19(2)29)25-23(14-18)27(34)31(3)26-24(25)15-30-33(26)16-20-9-11-32(12-10-20)28(35)36-17-21-7-5-4-6-8-21/h4-8,13-15,19-20H,9-12,16-17H2,1-3H3. The number of fused-ring (bicyclic) bond motifs is 3. The van der Waals surface area contributed by atoms with Crippen LogP contribution in [0.5, 0.6) is 0 Å². The van der Waals surface area contributed by atoms with Crippen molar-refractivity contribution >= 4 is 43.8 Å². The van der Waals surface area contributed by atoms with E-state index in [0.29, 0.717) is 25.6 Å². The van der Waals surface area contributed by atoms with Crippen LogP contribution in [0.1, 0.15) is 41.3 Å². The summed E-state index contributed by atoms with van der Waals surface area (Å²) in [5, 5.41) is 7.42. The molecule has 4 aromatic rings. The summed E-state index contributed by atoms with van der Waals surface area (Å²) >= 11 is 3.72. The molecule has 36 heavy (non-hydrogen) atoms. The Morgan fingerprint density at radius 2 is 1.89 bits per heavy atom. The minimum Gasteiger partial charge on any atom is -0.445 e. The van der Waals surface area contributed by atoms with Gasteiger partial charge in [-0.05, 0) is 55.4 Å². The summed E-state index contributed by atoms with van der Waals surface area (Å²) in [7, 11) is 1.83. The van der Waals surface area contributed by atoms with Gasteiger partial charge >= 0.3 is 6.09 Å². The van der Waals surface area contributed by atoms with Crippen molar-refractivity contribution in [3.63, 3.8) is 0 Å². The smallest absolute Gasteiger partial charge is 0.410 e. The number of carbonyl (C=O) groups excluding carboxylic acids is 1. The molecule has 1 unspecified atom stereocenters. The number of hydrogen-bond acceptors (Lipinski definition) is 4. The highest BCUT2D eigenvalue weighted by atomic mass is 79.9. The third-order valence-corrected chi connectivity index (χ3v) is 7.68. The highest BCUT2D eigenvalue weighted by Gasteiger charge is 2.26. The summed E-state index contributed by atoms with van der Waals surface area (Å²) in [5.74, 6) is 0.365. The Hall–Kier alpha value is -3.13. The van der Waals surface area contributed by atoms with E-state index in [-0.39, 0.29) is 23.1 Å². The Labute approximate surface area is 218 Å². The van der Waals surface area contributed by atoms with Crippen molar-refractivity contribution in [2.24, 2.45) is 13.0 Å². The highest BCUT2D eigenvalue weighted by molar-refractivity contribution is 9.09. The second-order valence-electron chi connectivity index (χ2n) is 9.79. The maximum atomic E-state index is 13.3. The van der Waals surface area contributed by atoms with Gasteiger partial charge in [0.25, 0.3) is 5.56 Å². The number of aryl methyl sites for hydroxylation is 2. The van der Waals surface area contributed by atoms with Gasteiger partial charge in [-0.15, -0.1) is 0 Å². The maximum Gasteiger partial charge on any atom is 0.410 e. The van der Waals surface area contributed by atoms with E-state index >= 15 is 0 Å². The zero-order valence-corrected chi connectivity index (χ0v) is 22.5. The molecule has 5 rings (SSSR count). The van der Waals surface area contributed by atoms with Gasteiger partial charge in [0.1, 0.15) is 12.3 Å². The van der Waals surface area contributed by atoms with Crippen LogP contribution in [0.25, 0.3) is 21.8 Å². The van der Waals surface area contributed by atoms with Gasteiger partial charge in [-0.25, -0.2) is 9.48 Å². The number of likely N-dealkylation sites (tertiary alicyclic amines) is 1. The number of aromatic nitrogens is 3. The van der Waals surface area contributed by atoms with Gasteiger partial charge in [-0.1, -0.05) is 52.3 Å². The summed E-state index contributed by atoms with van der Waals surface area (Å²) in [6.07, 6.45) is 3.36. The fourth-order valence-corrected chi connectivity index (χ4v) is 5.63. The number of nitrogens with zero attached hydrogens (tertiary/aromatic N) is 4. The molecule has 0 spiro atoms. The fraction of sp³-hybridized carbons (Fsp3) is 0.393. The third kappa shape index (κ3) is 4.66. The van der Waals surface area contributed by atoms with Crippen LogP contribution in [-0.4, -0.2) is 38.4 Å². The lowest BCUT2D eigenvalue weighted by molar-refractivity contribution is 0.0804. The van der Waals surface area contributed by atoms with Gasteiger partial charge in [-0.3, -0.25) is 9.36 Å². The number of benzene rings is 2. The first-order valence-electron chi connectivity index (χ1n) is 12.4. The van der Waals surface area contributed by atoms with Crippen LogP contribution in [0.2, 0.25) is 0 Å². The van der Waals surface area contributed by atoms with Crippen LogP contribution in [0, 0.1) is 12.8 Å². The number of piperidine rings is 1. The van der Waals surface area contributed by atoms with Crippen LogP contribution in [0.4, 0.5) is 4.79 Å². The molecule has 0 bridgehead atoms. The van der Waals surface area contributed by atoms with E-state index in [9.17, 15) is 9.59 Å². The van der Waals surface area contributed by atoms with Gasteiger partial charge in [0.2, 0.25) is 0 Å². The van der Waals surface area contributed by atoms with Crippen molar-refractivity contribution in [2.75, 3.05) is 13.1 Å². The van der Waals surface area contributed by atoms with Crippen molar-refractivity contribution in [1.82, 2.24) is 19.2 Å². The number of ether oxygens (including phenoxy) is 1. The Balaban J connectivity index is 1.33.